The van der Waals surface area contributed by atoms with Crippen molar-refractivity contribution in [1.82, 2.24) is 0 Å². The van der Waals surface area contributed by atoms with E-state index in [1.807, 2.05) is 31.2 Å². The van der Waals surface area contributed by atoms with Crippen LogP contribution in [0.5, 0.6) is 0 Å². The van der Waals surface area contributed by atoms with E-state index in [1.165, 1.54) is 5.57 Å². The first-order valence-corrected chi connectivity index (χ1v) is 3.11. The zero-order valence-electron chi connectivity index (χ0n) is 5.54. The molecule has 1 rings (SSSR count). The SMILES string of the molecule is CC=C1C=CC(N)C=C1. The first-order chi connectivity index (χ1) is 4.33. The fraction of sp³-hybridized carbons (Fsp3) is 0.250. The van der Waals surface area contributed by atoms with Crippen LogP contribution in [0.1, 0.15) is 6.92 Å². The Morgan fingerprint density at radius 3 is 2.44 bits per heavy atom. The minimum Gasteiger partial charge on any atom is -0.321 e. The quantitative estimate of drug-likeness (QED) is 0.515. The predicted molar refractivity (Wildman–Crippen MR) is 40.0 cm³/mol. The smallest absolute Gasteiger partial charge is 0.0416 e. The summed E-state index contributed by atoms with van der Waals surface area (Å²) in [5.41, 5.74) is 6.78. The molecule has 48 valence electrons. The van der Waals surface area contributed by atoms with Crippen molar-refractivity contribution in [2.24, 2.45) is 5.73 Å². The van der Waals surface area contributed by atoms with Crippen molar-refractivity contribution in [1.29, 1.82) is 0 Å². The fourth-order valence-corrected chi connectivity index (χ4v) is 0.757. The fourth-order valence-electron chi connectivity index (χ4n) is 0.757. The molecule has 0 aromatic heterocycles. The summed E-state index contributed by atoms with van der Waals surface area (Å²) in [4.78, 5) is 0. The van der Waals surface area contributed by atoms with Gasteiger partial charge in [-0.05, 0) is 12.5 Å². The molecule has 9 heavy (non-hydrogen) atoms. The van der Waals surface area contributed by atoms with Crippen LogP contribution in [0.25, 0.3) is 0 Å². The predicted octanol–water partition coefficient (Wildman–Crippen LogP) is 1.39. The maximum Gasteiger partial charge on any atom is 0.0416 e. The van der Waals surface area contributed by atoms with Crippen LogP contribution >= 0.6 is 0 Å². The largest absolute Gasteiger partial charge is 0.321 e. The highest BCUT2D eigenvalue weighted by atomic mass is 14.6. The third-order valence-corrected chi connectivity index (χ3v) is 1.36. The summed E-state index contributed by atoms with van der Waals surface area (Å²) in [6, 6.07) is 0.119. The zero-order valence-corrected chi connectivity index (χ0v) is 5.54. The average molecular weight is 121 g/mol. The minimum absolute atomic E-state index is 0.119. The molecule has 0 bridgehead atoms. The van der Waals surface area contributed by atoms with Crippen LogP contribution in [-0.2, 0) is 0 Å². The minimum atomic E-state index is 0.119. The van der Waals surface area contributed by atoms with Crippen molar-refractivity contribution in [3.63, 3.8) is 0 Å². The maximum absolute atomic E-state index is 5.55. The second-order valence-electron chi connectivity index (χ2n) is 2.08. The van der Waals surface area contributed by atoms with Crippen LogP contribution in [0.15, 0.2) is 36.0 Å². The first kappa shape index (κ1) is 6.30. The lowest BCUT2D eigenvalue weighted by atomic mass is 10.1. The van der Waals surface area contributed by atoms with E-state index >= 15 is 0 Å². The summed E-state index contributed by atoms with van der Waals surface area (Å²) in [5, 5.41) is 0. The molecule has 1 aliphatic carbocycles. The van der Waals surface area contributed by atoms with Gasteiger partial charge in [-0.1, -0.05) is 30.4 Å². The normalized spacial score (nSPS) is 24.7. The Morgan fingerprint density at radius 1 is 1.44 bits per heavy atom. The van der Waals surface area contributed by atoms with E-state index in [9.17, 15) is 0 Å². The Balaban J connectivity index is 2.70. The van der Waals surface area contributed by atoms with E-state index < -0.39 is 0 Å². The molecule has 0 aromatic rings. The molecule has 2 N–H and O–H groups in total. The van der Waals surface area contributed by atoms with Gasteiger partial charge in [-0.3, -0.25) is 0 Å². The molecular formula is C8H11N. The Kier molecular flexibility index (Phi) is 1.85. The average Bonchev–Trinajstić information content (AvgIpc) is 1.90. The summed E-state index contributed by atoms with van der Waals surface area (Å²) in [6.07, 6.45) is 10.1. The van der Waals surface area contributed by atoms with E-state index in [0.717, 1.165) is 0 Å². The molecule has 1 nitrogen and oxygen atoms in total. The van der Waals surface area contributed by atoms with E-state index in [1.54, 1.807) is 0 Å². The summed E-state index contributed by atoms with van der Waals surface area (Å²) in [6.45, 7) is 2.01. The molecule has 1 aliphatic rings. The molecule has 0 fully saturated rings. The van der Waals surface area contributed by atoms with Gasteiger partial charge in [0.15, 0.2) is 0 Å². The Hall–Kier alpha value is -0.820. The zero-order chi connectivity index (χ0) is 6.69. The summed E-state index contributed by atoms with van der Waals surface area (Å²) in [7, 11) is 0. The van der Waals surface area contributed by atoms with E-state index in [4.69, 9.17) is 5.73 Å². The van der Waals surface area contributed by atoms with Crippen molar-refractivity contribution in [2.75, 3.05) is 0 Å². The van der Waals surface area contributed by atoms with Gasteiger partial charge in [0.25, 0.3) is 0 Å². The van der Waals surface area contributed by atoms with Gasteiger partial charge >= 0.3 is 0 Å². The van der Waals surface area contributed by atoms with Crippen LogP contribution in [0.2, 0.25) is 0 Å². The van der Waals surface area contributed by atoms with Gasteiger partial charge in [-0.15, -0.1) is 0 Å². The van der Waals surface area contributed by atoms with Gasteiger partial charge in [0, 0.05) is 6.04 Å². The molecule has 0 radical (unpaired) electrons. The van der Waals surface area contributed by atoms with Gasteiger partial charge < -0.3 is 5.73 Å². The topological polar surface area (TPSA) is 26.0 Å². The van der Waals surface area contributed by atoms with E-state index in [2.05, 4.69) is 6.08 Å². The third kappa shape index (κ3) is 1.54. The third-order valence-electron chi connectivity index (χ3n) is 1.36. The maximum atomic E-state index is 5.55. The molecule has 0 saturated heterocycles. The van der Waals surface area contributed by atoms with Crippen molar-refractivity contribution in [3.05, 3.63) is 36.0 Å². The summed E-state index contributed by atoms with van der Waals surface area (Å²) >= 11 is 0. The Morgan fingerprint density at radius 2 is 2.00 bits per heavy atom. The van der Waals surface area contributed by atoms with Crippen molar-refractivity contribution in [3.8, 4) is 0 Å². The van der Waals surface area contributed by atoms with Gasteiger partial charge in [-0.25, -0.2) is 0 Å². The highest BCUT2D eigenvalue weighted by molar-refractivity contribution is 5.36. The lowest BCUT2D eigenvalue weighted by Gasteiger charge is -2.04. The molecule has 0 amide bonds. The number of rotatable bonds is 0. The van der Waals surface area contributed by atoms with Gasteiger partial charge in [-0.2, -0.15) is 0 Å². The Bertz CT molecular complexity index is 159. The Labute approximate surface area is 55.6 Å². The van der Waals surface area contributed by atoms with Crippen LogP contribution in [0.3, 0.4) is 0 Å². The first-order valence-electron chi connectivity index (χ1n) is 3.11. The van der Waals surface area contributed by atoms with Crippen LogP contribution in [0.4, 0.5) is 0 Å². The van der Waals surface area contributed by atoms with Gasteiger partial charge in [0.1, 0.15) is 0 Å². The van der Waals surface area contributed by atoms with Crippen molar-refractivity contribution >= 4 is 0 Å². The van der Waals surface area contributed by atoms with Crippen molar-refractivity contribution in [2.45, 2.75) is 13.0 Å². The number of hydrogen-bond acceptors (Lipinski definition) is 1. The number of allylic oxidation sites excluding steroid dienone is 4. The second kappa shape index (κ2) is 2.65. The molecule has 0 unspecified atom stereocenters. The van der Waals surface area contributed by atoms with Gasteiger partial charge in [0.2, 0.25) is 0 Å². The van der Waals surface area contributed by atoms with Crippen LogP contribution < -0.4 is 5.73 Å². The molecule has 0 heterocycles. The highest BCUT2D eigenvalue weighted by Crippen LogP contribution is 2.05. The lowest BCUT2D eigenvalue weighted by Crippen LogP contribution is -2.14. The molecule has 0 spiro atoms. The second-order valence-corrected chi connectivity index (χ2v) is 2.08. The van der Waals surface area contributed by atoms with Crippen molar-refractivity contribution < 1.29 is 0 Å². The lowest BCUT2D eigenvalue weighted by molar-refractivity contribution is 1.02. The molecule has 0 aromatic carbocycles. The van der Waals surface area contributed by atoms with E-state index in [-0.39, 0.29) is 6.04 Å². The van der Waals surface area contributed by atoms with Crippen LogP contribution in [0, 0.1) is 0 Å². The monoisotopic (exact) mass is 121 g/mol. The summed E-state index contributed by atoms with van der Waals surface area (Å²) < 4.78 is 0. The highest BCUT2D eigenvalue weighted by Gasteiger charge is 1.95. The molecular weight excluding hydrogens is 110 g/mol. The molecule has 0 aliphatic heterocycles. The summed E-state index contributed by atoms with van der Waals surface area (Å²) in [5.74, 6) is 0. The van der Waals surface area contributed by atoms with Gasteiger partial charge in [0.05, 0.1) is 0 Å². The molecule has 0 saturated carbocycles. The van der Waals surface area contributed by atoms with Crippen LogP contribution in [-0.4, -0.2) is 6.04 Å². The number of nitrogens with two attached hydrogens (primary N) is 1. The van der Waals surface area contributed by atoms with E-state index in [0.29, 0.717) is 0 Å². The molecule has 0 atom stereocenters. The number of hydrogen-bond donors (Lipinski definition) is 1. The standard InChI is InChI=1S/C8H11N/c1-2-7-3-5-8(9)6-4-7/h2-6,8H,9H2,1H3. The molecule has 1 heteroatoms.